The van der Waals surface area contributed by atoms with Gasteiger partial charge in [0.15, 0.2) is 0 Å². The zero-order valence-electron chi connectivity index (χ0n) is 11.9. The van der Waals surface area contributed by atoms with Crippen LogP contribution in [0.3, 0.4) is 0 Å². The van der Waals surface area contributed by atoms with E-state index in [4.69, 9.17) is 0 Å². The van der Waals surface area contributed by atoms with Gasteiger partial charge >= 0.3 is 0 Å². The van der Waals surface area contributed by atoms with Crippen LogP contribution in [0.5, 0.6) is 0 Å². The van der Waals surface area contributed by atoms with Crippen molar-refractivity contribution in [3.05, 3.63) is 34.1 Å². The highest BCUT2D eigenvalue weighted by Gasteiger charge is 2.30. The van der Waals surface area contributed by atoms with Crippen molar-refractivity contribution in [3.8, 4) is 0 Å². The monoisotopic (exact) mass is 327 g/mol. The van der Waals surface area contributed by atoms with Gasteiger partial charge in [0.1, 0.15) is 5.82 Å². The van der Waals surface area contributed by atoms with Gasteiger partial charge in [0.05, 0.1) is 4.47 Å². The summed E-state index contributed by atoms with van der Waals surface area (Å²) in [5.74, 6) is 2.06. The molecule has 2 rings (SSSR count). The molecule has 0 spiro atoms. The van der Waals surface area contributed by atoms with Crippen LogP contribution in [0.2, 0.25) is 0 Å². The zero-order chi connectivity index (χ0) is 14.0. The van der Waals surface area contributed by atoms with Crippen LogP contribution in [0.1, 0.15) is 44.7 Å². The number of halogens is 2. The van der Waals surface area contributed by atoms with Gasteiger partial charge in [-0.3, -0.25) is 0 Å². The van der Waals surface area contributed by atoms with E-state index in [0.29, 0.717) is 16.4 Å². The van der Waals surface area contributed by atoms with Gasteiger partial charge in [0.25, 0.3) is 0 Å². The fourth-order valence-corrected chi connectivity index (χ4v) is 3.67. The summed E-state index contributed by atoms with van der Waals surface area (Å²) in [6.07, 6.45) is 3.81. The number of hydrogen-bond acceptors (Lipinski definition) is 1. The van der Waals surface area contributed by atoms with Gasteiger partial charge in [-0.25, -0.2) is 4.39 Å². The summed E-state index contributed by atoms with van der Waals surface area (Å²) in [6, 6.07) is 5.70. The van der Waals surface area contributed by atoms with E-state index in [1.807, 2.05) is 19.2 Å². The summed E-state index contributed by atoms with van der Waals surface area (Å²) in [7, 11) is 2.00. The van der Waals surface area contributed by atoms with E-state index in [1.165, 1.54) is 24.8 Å². The van der Waals surface area contributed by atoms with Gasteiger partial charge in [0, 0.05) is 6.04 Å². The highest BCUT2D eigenvalue weighted by Crippen LogP contribution is 2.40. The van der Waals surface area contributed by atoms with Crippen molar-refractivity contribution >= 4 is 15.9 Å². The molecule has 0 amide bonds. The lowest BCUT2D eigenvalue weighted by molar-refractivity contribution is 0.174. The molecule has 0 heterocycles. The first-order valence-corrected chi connectivity index (χ1v) is 7.94. The third-order valence-corrected chi connectivity index (χ3v) is 5.33. The fraction of sp³-hybridized carbons (Fsp3) is 0.625. The lowest BCUT2D eigenvalue weighted by Gasteiger charge is -2.37. The summed E-state index contributed by atoms with van der Waals surface area (Å²) in [6.45, 7) is 4.70. The van der Waals surface area contributed by atoms with Crippen LogP contribution >= 0.6 is 15.9 Å². The highest BCUT2D eigenvalue weighted by atomic mass is 79.9. The van der Waals surface area contributed by atoms with Crippen molar-refractivity contribution in [2.45, 2.75) is 39.2 Å². The second-order valence-electron chi connectivity index (χ2n) is 5.97. The average molecular weight is 328 g/mol. The van der Waals surface area contributed by atoms with Crippen molar-refractivity contribution in [1.82, 2.24) is 5.32 Å². The Labute approximate surface area is 124 Å². The maximum absolute atomic E-state index is 13.4. The van der Waals surface area contributed by atoms with Crippen molar-refractivity contribution in [1.29, 1.82) is 0 Å². The standard InChI is InChI=1S/C16H23BrFN/c1-10-4-5-12(8-11(10)2)16(19-3)13-6-7-15(18)14(17)9-13/h6-7,9-12,16,19H,4-5,8H2,1-3H3. The molecule has 1 aromatic rings. The molecule has 0 aliphatic heterocycles. The molecular weight excluding hydrogens is 305 g/mol. The van der Waals surface area contributed by atoms with E-state index >= 15 is 0 Å². The van der Waals surface area contributed by atoms with E-state index in [9.17, 15) is 4.39 Å². The van der Waals surface area contributed by atoms with Crippen molar-refractivity contribution < 1.29 is 4.39 Å². The molecule has 106 valence electrons. The first kappa shape index (κ1) is 15.0. The molecule has 0 aromatic heterocycles. The molecule has 1 fully saturated rings. The number of hydrogen-bond donors (Lipinski definition) is 1. The molecule has 1 aliphatic rings. The van der Waals surface area contributed by atoms with E-state index in [0.717, 1.165) is 11.8 Å². The highest BCUT2D eigenvalue weighted by molar-refractivity contribution is 9.10. The second-order valence-corrected chi connectivity index (χ2v) is 6.82. The molecule has 0 bridgehead atoms. The Morgan fingerprint density at radius 2 is 2.00 bits per heavy atom. The van der Waals surface area contributed by atoms with Crippen molar-refractivity contribution in [2.75, 3.05) is 7.05 Å². The molecule has 3 heteroatoms. The van der Waals surface area contributed by atoms with Gasteiger partial charge in [0.2, 0.25) is 0 Å². The molecule has 1 nitrogen and oxygen atoms in total. The van der Waals surface area contributed by atoms with Crippen LogP contribution in [0, 0.1) is 23.6 Å². The van der Waals surface area contributed by atoms with Gasteiger partial charge in [-0.05, 0) is 71.3 Å². The van der Waals surface area contributed by atoms with Crippen molar-refractivity contribution in [2.24, 2.45) is 17.8 Å². The zero-order valence-corrected chi connectivity index (χ0v) is 13.5. The lowest BCUT2D eigenvalue weighted by Crippen LogP contribution is -2.31. The minimum absolute atomic E-state index is 0.191. The Balaban J connectivity index is 2.17. The Bertz CT molecular complexity index is 435. The molecule has 1 aliphatic carbocycles. The van der Waals surface area contributed by atoms with E-state index in [1.54, 1.807) is 6.07 Å². The largest absolute Gasteiger partial charge is 0.313 e. The molecule has 19 heavy (non-hydrogen) atoms. The quantitative estimate of drug-likeness (QED) is 0.830. The van der Waals surface area contributed by atoms with Crippen LogP contribution in [-0.2, 0) is 0 Å². The smallest absolute Gasteiger partial charge is 0.137 e. The van der Waals surface area contributed by atoms with Gasteiger partial charge < -0.3 is 5.32 Å². The Kier molecular flexibility index (Phi) is 5.02. The predicted molar refractivity (Wildman–Crippen MR) is 81.6 cm³/mol. The first-order chi connectivity index (χ1) is 9.02. The third kappa shape index (κ3) is 3.38. The van der Waals surface area contributed by atoms with Crippen LogP contribution in [0.25, 0.3) is 0 Å². The van der Waals surface area contributed by atoms with Gasteiger partial charge in [-0.1, -0.05) is 26.3 Å². The lowest BCUT2D eigenvalue weighted by atomic mass is 9.72. The minimum Gasteiger partial charge on any atom is -0.313 e. The number of nitrogens with one attached hydrogen (secondary N) is 1. The van der Waals surface area contributed by atoms with E-state index in [-0.39, 0.29) is 5.82 Å². The normalized spacial score (nSPS) is 29.2. The second kappa shape index (κ2) is 6.36. The Hall–Kier alpha value is -0.410. The molecule has 1 saturated carbocycles. The van der Waals surface area contributed by atoms with Crippen LogP contribution in [-0.4, -0.2) is 7.05 Å². The van der Waals surface area contributed by atoms with Gasteiger partial charge in [-0.2, -0.15) is 0 Å². The van der Waals surface area contributed by atoms with E-state index < -0.39 is 0 Å². The molecule has 1 aromatic carbocycles. The van der Waals surface area contributed by atoms with Crippen molar-refractivity contribution in [3.63, 3.8) is 0 Å². The maximum Gasteiger partial charge on any atom is 0.137 e. The van der Waals surface area contributed by atoms with Gasteiger partial charge in [-0.15, -0.1) is 0 Å². The molecule has 4 atom stereocenters. The maximum atomic E-state index is 13.4. The number of benzene rings is 1. The van der Waals surface area contributed by atoms with Crippen LogP contribution in [0.15, 0.2) is 22.7 Å². The Morgan fingerprint density at radius 1 is 1.26 bits per heavy atom. The summed E-state index contributed by atoms with van der Waals surface area (Å²) in [5, 5.41) is 3.43. The average Bonchev–Trinajstić information content (AvgIpc) is 2.39. The summed E-state index contributed by atoms with van der Waals surface area (Å²) in [5.41, 5.74) is 1.18. The summed E-state index contributed by atoms with van der Waals surface area (Å²) in [4.78, 5) is 0. The summed E-state index contributed by atoms with van der Waals surface area (Å²) >= 11 is 3.29. The summed E-state index contributed by atoms with van der Waals surface area (Å²) < 4.78 is 13.9. The van der Waals surface area contributed by atoms with Crippen LogP contribution < -0.4 is 5.32 Å². The SMILES string of the molecule is CNC(c1ccc(F)c(Br)c1)C1CCC(C)C(C)C1. The third-order valence-electron chi connectivity index (χ3n) is 4.72. The fourth-order valence-electron chi connectivity index (χ4n) is 3.27. The van der Waals surface area contributed by atoms with E-state index in [2.05, 4.69) is 35.1 Å². The Morgan fingerprint density at radius 3 is 2.58 bits per heavy atom. The topological polar surface area (TPSA) is 12.0 Å². The van der Waals surface area contributed by atoms with Crippen LogP contribution in [0.4, 0.5) is 4.39 Å². The molecular formula is C16H23BrFN. The first-order valence-electron chi connectivity index (χ1n) is 7.15. The molecule has 1 N–H and O–H groups in total. The molecule has 0 radical (unpaired) electrons. The number of rotatable bonds is 3. The predicted octanol–water partition coefficient (Wildman–Crippen LogP) is 4.92. The molecule has 0 saturated heterocycles. The minimum atomic E-state index is -0.191. The molecule has 4 unspecified atom stereocenters.